The highest BCUT2D eigenvalue weighted by Gasteiger charge is 2.26. The van der Waals surface area contributed by atoms with E-state index >= 15 is 0 Å². The van der Waals surface area contributed by atoms with Crippen LogP contribution in [0, 0.1) is 5.92 Å². The van der Waals surface area contributed by atoms with E-state index in [-0.39, 0.29) is 12.1 Å². The predicted molar refractivity (Wildman–Crippen MR) is 89.6 cm³/mol. The van der Waals surface area contributed by atoms with Gasteiger partial charge in [-0.25, -0.2) is 0 Å². The minimum Gasteiger partial charge on any atom is -0.394 e. The maximum atomic E-state index is 9.71. The number of aliphatic hydroxyl groups is 1. The topological polar surface area (TPSA) is 41.5 Å². The summed E-state index contributed by atoms with van der Waals surface area (Å²) >= 11 is 0. The fourth-order valence-electron chi connectivity index (χ4n) is 3.45. The molecule has 0 bridgehead atoms. The first kappa shape index (κ1) is 18.9. The zero-order valence-electron chi connectivity index (χ0n) is 14.5. The Morgan fingerprint density at radius 3 is 2.67 bits per heavy atom. The van der Waals surface area contributed by atoms with E-state index in [1.165, 1.54) is 32.1 Å². The Labute approximate surface area is 131 Å². The van der Waals surface area contributed by atoms with E-state index in [4.69, 9.17) is 4.74 Å². The van der Waals surface area contributed by atoms with Crippen molar-refractivity contribution >= 4 is 0 Å². The normalized spacial score (nSPS) is 25.7. The van der Waals surface area contributed by atoms with Crippen LogP contribution < -0.4 is 5.32 Å². The highest BCUT2D eigenvalue weighted by Crippen LogP contribution is 2.28. The Morgan fingerprint density at radius 1 is 1.24 bits per heavy atom. The van der Waals surface area contributed by atoms with E-state index in [0.29, 0.717) is 6.10 Å². The molecule has 1 aliphatic rings. The first-order valence-corrected chi connectivity index (χ1v) is 9.17. The zero-order valence-corrected chi connectivity index (χ0v) is 14.5. The van der Waals surface area contributed by atoms with E-state index in [2.05, 4.69) is 26.1 Å². The van der Waals surface area contributed by atoms with Crippen molar-refractivity contribution < 1.29 is 9.84 Å². The van der Waals surface area contributed by atoms with Gasteiger partial charge in [0.05, 0.1) is 12.7 Å². The number of ether oxygens (including phenoxy) is 1. The van der Waals surface area contributed by atoms with Crippen molar-refractivity contribution in [2.75, 3.05) is 19.8 Å². The Hall–Kier alpha value is -0.120. The average molecular weight is 299 g/mol. The molecule has 3 atom stereocenters. The molecular weight excluding hydrogens is 262 g/mol. The minimum atomic E-state index is -0.0993. The first-order valence-electron chi connectivity index (χ1n) is 9.17. The molecule has 3 heteroatoms. The van der Waals surface area contributed by atoms with Gasteiger partial charge in [-0.2, -0.15) is 0 Å². The number of rotatable bonds is 11. The second-order valence-corrected chi connectivity index (χ2v) is 6.76. The predicted octanol–water partition coefficient (Wildman–Crippen LogP) is 3.89. The van der Waals surface area contributed by atoms with Crippen molar-refractivity contribution in [1.82, 2.24) is 5.32 Å². The molecule has 0 heterocycles. The van der Waals surface area contributed by atoms with Gasteiger partial charge in [-0.05, 0) is 51.0 Å². The van der Waals surface area contributed by atoms with Gasteiger partial charge >= 0.3 is 0 Å². The summed E-state index contributed by atoms with van der Waals surface area (Å²) in [6.07, 6.45) is 11.1. The molecule has 126 valence electrons. The van der Waals surface area contributed by atoms with Gasteiger partial charge in [-0.3, -0.25) is 0 Å². The van der Waals surface area contributed by atoms with Crippen LogP contribution >= 0.6 is 0 Å². The Kier molecular flexibility index (Phi) is 9.54. The van der Waals surface area contributed by atoms with Crippen LogP contribution in [0.2, 0.25) is 0 Å². The van der Waals surface area contributed by atoms with Crippen molar-refractivity contribution in [3.05, 3.63) is 0 Å². The lowest BCUT2D eigenvalue weighted by Gasteiger charge is -2.33. The zero-order chi connectivity index (χ0) is 15.6. The lowest BCUT2D eigenvalue weighted by molar-refractivity contribution is 0.00646. The molecule has 1 rings (SSSR count). The maximum Gasteiger partial charge on any atom is 0.0613 e. The van der Waals surface area contributed by atoms with Gasteiger partial charge < -0.3 is 15.2 Å². The molecule has 2 N–H and O–H groups in total. The summed E-state index contributed by atoms with van der Waals surface area (Å²) in [6.45, 7) is 8.68. The standard InChI is InChI=1S/C18H37NO2/c1-4-12-19-18(6-3,15-20)11-8-13-21-17-10-7-9-16(5-2)14-17/h16-17,19-20H,4-15H2,1-3H3. The molecular formula is C18H37NO2. The van der Waals surface area contributed by atoms with Gasteiger partial charge in [0, 0.05) is 12.1 Å². The number of nitrogens with one attached hydrogen (secondary N) is 1. The Bertz CT molecular complexity index is 254. The molecule has 0 saturated heterocycles. The number of aliphatic hydroxyl groups excluding tert-OH is 1. The van der Waals surface area contributed by atoms with E-state index < -0.39 is 0 Å². The maximum absolute atomic E-state index is 9.71. The molecule has 1 fully saturated rings. The third kappa shape index (κ3) is 6.66. The highest BCUT2D eigenvalue weighted by atomic mass is 16.5. The molecule has 3 unspecified atom stereocenters. The van der Waals surface area contributed by atoms with Crippen LogP contribution in [-0.2, 0) is 4.74 Å². The fourth-order valence-corrected chi connectivity index (χ4v) is 3.45. The minimum absolute atomic E-state index is 0.0993. The van der Waals surface area contributed by atoms with E-state index in [0.717, 1.165) is 44.8 Å². The van der Waals surface area contributed by atoms with Crippen LogP contribution in [0.4, 0.5) is 0 Å². The molecule has 0 radical (unpaired) electrons. The molecule has 1 aliphatic carbocycles. The molecule has 0 aromatic rings. The van der Waals surface area contributed by atoms with Gasteiger partial charge in [0.2, 0.25) is 0 Å². The van der Waals surface area contributed by atoms with Crippen molar-refractivity contribution in [3.8, 4) is 0 Å². The summed E-state index contributed by atoms with van der Waals surface area (Å²) in [4.78, 5) is 0. The second-order valence-electron chi connectivity index (χ2n) is 6.76. The van der Waals surface area contributed by atoms with Gasteiger partial charge in [0.15, 0.2) is 0 Å². The molecule has 0 aromatic heterocycles. The molecule has 0 aromatic carbocycles. The first-order chi connectivity index (χ1) is 10.2. The average Bonchev–Trinajstić information content (AvgIpc) is 2.55. The van der Waals surface area contributed by atoms with Gasteiger partial charge in [-0.15, -0.1) is 0 Å². The van der Waals surface area contributed by atoms with E-state index in [9.17, 15) is 5.11 Å². The molecule has 0 amide bonds. The van der Waals surface area contributed by atoms with Gasteiger partial charge in [0.1, 0.15) is 0 Å². The number of hydrogen-bond donors (Lipinski definition) is 2. The Balaban J connectivity index is 2.24. The smallest absolute Gasteiger partial charge is 0.0613 e. The van der Waals surface area contributed by atoms with Crippen LogP contribution in [0.15, 0.2) is 0 Å². The molecule has 0 spiro atoms. The number of hydrogen-bond acceptors (Lipinski definition) is 3. The summed E-state index contributed by atoms with van der Waals surface area (Å²) in [6, 6.07) is 0. The van der Waals surface area contributed by atoms with Crippen molar-refractivity contribution in [1.29, 1.82) is 0 Å². The third-order valence-electron chi connectivity index (χ3n) is 5.19. The van der Waals surface area contributed by atoms with E-state index in [1.54, 1.807) is 0 Å². The summed E-state index contributed by atoms with van der Waals surface area (Å²) in [5.74, 6) is 0.877. The SMILES string of the molecule is CCCNC(CC)(CO)CCCOC1CCCC(CC)C1. The molecule has 1 saturated carbocycles. The van der Waals surface area contributed by atoms with Gasteiger partial charge in [0.25, 0.3) is 0 Å². The Morgan fingerprint density at radius 2 is 2.05 bits per heavy atom. The van der Waals surface area contributed by atoms with Crippen LogP contribution in [-0.4, -0.2) is 36.5 Å². The largest absolute Gasteiger partial charge is 0.394 e. The summed E-state index contributed by atoms with van der Waals surface area (Å²) in [5.41, 5.74) is -0.0993. The van der Waals surface area contributed by atoms with Crippen molar-refractivity contribution in [3.63, 3.8) is 0 Å². The summed E-state index contributed by atoms with van der Waals surface area (Å²) in [5, 5.41) is 13.2. The van der Waals surface area contributed by atoms with Crippen molar-refractivity contribution in [2.45, 2.75) is 90.2 Å². The monoisotopic (exact) mass is 299 g/mol. The van der Waals surface area contributed by atoms with Gasteiger partial charge in [-0.1, -0.05) is 40.0 Å². The quantitative estimate of drug-likeness (QED) is 0.569. The summed E-state index contributed by atoms with van der Waals surface area (Å²) in [7, 11) is 0. The molecule has 0 aliphatic heterocycles. The lowest BCUT2D eigenvalue weighted by Crippen LogP contribution is -2.48. The molecule has 3 nitrogen and oxygen atoms in total. The van der Waals surface area contributed by atoms with Crippen LogP contribution in [0.25, 0.3) is 0 Å². The third-order valence-corrected chi connectivity index (χ3v) is 5.19. The molecule has 21 heavy (non-hydrogen) atoms. The van der Waals surface area contributed by atoms with Crippen LogP contribution in [0.1, 0.15) is 78.6 Å². The van der Waals surface area contributed by atoms with Crippen molar-refractivity contribution in [2.24, 2.45) is 5.92 Å². The second kappa shape index (κ2) is 10.6. The van der Waals surface area contributed by atoms with Crippen LogP contribution in [0.5, 0.6) is 0 Å². The van der Waals surface area contributed by atoms with Crippen LogP contribution in [0.3, 0.4) is 0 Å². The van der Waals surface area contributed by atoms with E-state index in [1.807, 2.05) is 0 Å². The fraction of sp³-hybridized carbons (Fsp3) is 1.00. The lowest BCUT2D eigenvalue weighted by atomic mass is 9.85. The summed E-state index contributed by atoms with van der Waals surface area (Å²) < 4.78 is 6.09. The highest BCUT2D eigenvalue weighted by molar-refractivity contribution is 4.85.